The number of aromatic carboxylic acids is 1. The van der Waals surface area contributed by atoms with E-state index in [1.165, 1.54) is 7.05 Å². The first-order valence-corrected chi connectivity index (χ1v) is 10.4. The molecule has 1 saturated heterocycles. The molecule has 0 saturated carbocycles. The van der Waals surface area contributed by atoms with E-state index < -0.39 is 16.0 Å². The van der Waals surface area contributed by atoms with Gasteiger partial charge in [-0.1, -0.05) is 6.07 Å². The molecule has 2 heterocycles. The molecule has 26 heavy (non-hydrogen) atoms. The lowest BCUT2D eigenvalue weighted by Gasteiger charge is -2.29. The molecule has 142 valence electrons. The molecule has 0 bridgehead atoms. The van der Waals surface area contributed by atoms with Crippen LogP contribution in [0.2, 0.25) is 0 Å². The van der Waals surface area contributed by atoms with Crippen LogP contribution in [0.4, 0.5) is 0 Å². The number of nitrogens with one attached hydrogen (secondary N) is 2. The Morgan fingerprint density at radius 3 is 2.65 bits per heavy atom. The molecule has 1 aromatic carbocycles. The van der Waals surface area contributed by atoms with E-state index in [1.54, 1.807) is 0 Å². The summed E-state index contributed by atoms with van der Waals surface area (Å²) in [6.45, 7) is 1.88. The Bertz CT molecular complexity index is 912. The summed E-state index contributed by atoms with van der Waals surface area (Å²) in [7, 11) is 0.205. The van der Waals surface area contributed by atoms with E-state index >= 15 is 0 Å². The van der Waals surface area contributed by atoms with Gasteiger partial charge in [0.1, 0.15) is 5.69 Å². The van der Waals surface area contributed by atoms with E-state index in [-0.39, 0.29) is 17.4 Å². The lowest BCUT2D eigenvalue weighted by atomic mass is 9.87. The maximum absolute atomic E-state index is 11.8. The number of aromatic nitrogens is 1. The number of H-pyrrole nitrogens is 1. The first-order valence-electron chi connectivity index (χ1n) is 8.78. The second-order valence-corrected chi connectivity index (χ2v) is 9.00. The maximum Gasteiger partial charge on any atom is 0.352 e. The number of piperidine rings is 1. The van der Waals surface area contributed by atoms with Gasteiger partial charge in [-0.05, 0) is 75.6 Å². The number of carboxylic acids is 1. The Labute approximate surface area is 153 Å². The zero-order chi connectivity index (χ0) is 18.9. The average Bonchev–Trinajstić information content (AvgIpc) is 3.00. The van der Waals surface area contributed by atoms with Crippen LogP contribution in [0.5, 0.6) is 0 Å². The number of benzene rings is 1. The SMILES string of the molecule is CNS(=O)(=O)CCc1ccc2[nH]c(C(=O)O)c(C3CCN(C)CC3)c2c1. The minimum atomic E-state index is -3.27. The standard InChI is InChI=1S/C18H25N3O4S/c1-19-26(24,25)10-7-12-3-4-15-14(11-12)16(17(20-15)18(22)23)13-5-8-21(2)9-6-13/h3-4,11,13,19-20H,5-10H2,1-2H3,(H,22,23). The van der Waals surface area contributed by atoms with Crippen LogP contribution in [0.25, 0.3) is 10.9 Å². The quantitative estimate of drug-likeness (QED) is 0.710. The van der Waals surface area contributed by atoms with Gasteiger partial charge in [-0.2, -0.15) is 0 Å². The van der Waals surface area contributed by atoms with Crippen LogP contribution in [0.1, 0.15) is 40.4 Å². The fourth-order valence-corrected chi connectivity index (χ4v) is 4.37. The maximum atomic E-state index is 11.8. The fourth-order valence-electron chi connectivity index (χ4n) is 3.66. The number of hydrogen-bond acceptors (Lipinski definition) is 4. The fraction of sp³-hybridized carbons (Fsp3) is 0.500. The van der Waals surface area contributed by atoms with Crippen molar-refractivity contribution < 1.29 is 18.3 Å². The van der Waals surface area contributed by atoms with E-state index in [0.29, 0.717) is 6.42 Å². The van der Waals surface area contributed by atoms with Crippen LogP contribution in [-0.2, 0) is 16.4 Å². The smallest absolute Gasteiger partial charge is 0.352 e. The third kappa shape index (κ3) is 3.92. The number of sulfonamides is 1. The van der Waals surface area contributed by atoms with Gasteiger partial charge in [-0.15, -0.1) is 0 Å². The van der Waals surface area contributed by atoms with Crippen LogP contribution >= 0.6 is 0 Å². The third-order valence-corrected chi connectivity index (χ3v) is 6.58. The van der Waals surface area contributed by atoms with Gasteiger partial charge in [0.2, 0.25) is 10.0 Å². The predicted octanol–water partition coefficient (Wildman–Crippen LogP) is 1.77. The topological polar surface area (TPSA) is 102 Å². The van der Waals surface area contributed by atoms with Crippen molar-refractivity contribution in [3.63, 3.8) is 0 Å². The summed E-state index contributed by atoms with van der Waals surface area (Å²) in [5, 5.41) is 10.5. The Hall–Kier alpha value is -1.90. The van der Waals surface area contributed by atoms with E-state index in [0.717, 1.165) is 48.0 Å². The zero-order valence-corrected chi connectivity index (χ0v) is 15.9. The number of carboxylic acid groups (broad SMARTS) is 1. The predicted molar refractivity (Wildman–Crippen MR) is 101 cm³/mol. The Morgan fingerprint density at radius 2 is 2.04 bits per heavy atom. The highest BCUT2D eigenvalue weighted by molar-refractivity contribution is 7.89. The monoisotopic (exact) mass is 379 g/mol. The number of fused-ring (bicyclic) bond motifs is 1. The molecule has 0 radical (unpaired) electrons. The van der Waals surface area contributed by atoms with Gasteiger partial charge in [0.25, 0.3) is 0 Å². The summed E-state index contributed by atoms with van der Waals surface area (Å²) in [6.07, 6.45) is 2.23. The second kappa shape index (κ2) is 7.38. The summed E-state index contributed by atoms with van der Waals surface area (Å²) in [6, 6.07) is 5.65. The van der Waals surface area contributed by atoms with E-state index in [4.69, 9.17) is 0 Å². The Kier molecular flexibility index (Phi) is 5.36. The van der Waals surface area contributed by atoms with E-state index in [9.17, 15) is 18.3 Å². The van der Waals surface area contributed by atoms with Gasteiger partial charge in [0.15, 0.2) is 0 Å². The molecule has 1 aromatic heterocycles. The van der Waals surface area contributed by atoms with E-state index in [2.05, 4.69) is 21.7 Å². The number of aryl methyl sites for hydroxylation is 1. The molecular formula is C18H25N3O4S. The highest BCUT2D eigenvalue weighted by atomic mass is 32.2. The van der Waals surface area contributed by atoms with Crippen molar-refractivity contribution in [2.75, 3.05) is 32.9 Å². The zero-order valence-electron chi connectivity index (χ0n) is 15.1. The summed E-state index contributed by atoms with van der Waals surface area (Å²) >= 11 is 0. The van der Waals surface area contributed by atoms with Crippen molar-refractivity contribution in [1.82, 2.24) is 14.6 Å². The first kappa shape index (κ1) is 18.9. The Balaban J connectivity index is 1.98. The molecule has 0 atom stereocenters. The lowest BCUT2D eigenvalue weighted by molar-refractivity contribution is 0.0689. The van der Waals surface area contributed by atoms with Crippen LogP contribution in [0.15, 0.2) is 18.2 Å². The summed E-state index contributed by atoms with van der Waals surface area (Å²) in [5.74, 6) is -0.744. The van der Waals surface area contributed by atoms with Gasteiger partial charge < -0.3 is 15.0 Å². The highest BCUT2D eigenvalue weighted by Gasteiger charge is 2.27. The molecule has 1 fully saturated rings. The van der Waals surface area contributed by atoms with Crippen LogP contribution in [-0.4, -0.2) is 62.3 Å². The van der Waals surface area contributed by atoms with Crippen LogP contribution in [0, 0.1) is 0 Å². The number of rotatable bonds is 6. The number of aromatic amines is 1. The van der Waals surface area contributed by atoms with Gasteiger partial charge in [0.05, 0.1) is 5.75 Å². The third-order valence-electron chi connectivity index (χ3n) is 5.21. The molecule has 7 nitrogen and oxygen atoms in total. The number of hydrogen-bond donors (Lipinski definition) is 3. The average molecular weight is 379 g/mol. The normalized spacial score (nSPS) is 17.0. The van der Waals surface area contributed by atoms with Crippen molar-refractivity contribution in [2.45, 2.75) is 25.2 Å². The van der Waals surface area contributed by atoms with Gasteiger partial charge in [-0.3, -0.25) is 0 Å². The summed E-state index contributed by atoms with van der Waals surface area (Å²) < 4.78 is 25.7. The van der Waals surface area contributed by atoms with Gasteiger partial charge in [0, 0.05) is 10.9 Å². The van der Waals surface area contributed by atoms with Crippen LogP contribution in [0.3, 0.4) is 0 Å². The Morgan fingerprint density at radius 1 is 1.35 bits per heavy atom. The lowest BCUT2D eigenvalue weighted by Crippen LogP contribution is -2.29. The van der Waals surface area contributed by atoms with Gasteiger partial charge >= 0.3 is 5.97 Å². The van der Waals surface area contributed by atoms with Crippen molar-refractivity contribution in [1.29, 1.82) is 0 Å². The highest BCUT2D eigenvalue weighted by Crippen LogP contribution is 2.36. The van der Waals surface area contributed by atoms with Crippen molar-refractivity contribution in [3.8, 4) is 0 Å². The molecule has 8 heteroatoms. The minimum Gasteiger partial charge on any atom is -0.477 e. The van der Waals surface area contributed by atoms with Gasteiger partial charge in [-0.25, -0.2) is 17.9 Å². The molecule has 3 N–H and O–H groups in total. The molecule has 1 aliphatic heterocycles. The number of likely N-dealkylation sites (tertiary alicyclic amines) is 1. The van der Waals surface area contributed by atoms with E-state index in [1.807, 2.05) is 18.2 Å². The summed E-state index contributed by atoms with van der Waals surface area (Å²) in [4.78, 5) is 17.0. The second-order valence-electron chi connectivity index (χ2n) is 6.95. The molecule has 1 aliphatic rings. The molecular weight excluding hydrogens is 354 g/mol. The number of carbonyl (C=O) groups is 1. The van der Waals surface area contributed by atoms with Crippen molar-refractivity contribution >= 4 is 26.9 Å². The first-order chi connectivity index (χ1) is 12.3. The molecule has 0 amide bonds. The molecule has 3 rings (SSSR count). The van der Waals surface area contributed by atoms with Crippen molar-refractivity contribution in [3.05, 3.63) is 35.0 Å². The minimum absolute atomic E-state index is 0.00870. The largest absolute Gasteiger partial charge is 0.477 e. The van der Waals surface area contributed by atoms with Crippen molar-refractivity contribution in [2.24, 2.45) is 0 Å². The molecule has 2 aromatic rings. The van der Waals surface area contributed by atoms with Crippen LogP contribution < -0.4 is 4.72 Å². The summed E-state index contributed by atoms with van der Waals surface area (Å²) in [5.41, 5.74) is 2.80. The molecule has 0 aliphatic carbocycles. The molecule has 0 unspecified atom stereocenters. The molecule has 0 spiro atoms. The number of nitrogens with zero attached hydrogens (tertiary/aromatic N) is 1.